The molecule has 0 aliphatic rings. The Morgan fingerprint density at radius 3 is 2.13 bits per heavy atom. The molecule has 0 saturated carbocycles. The lowest BCUT2D eigenvalue weighted by Gasteiger charge is -2.34. The summed E-state index contributed by atoms with van der Waals surface area (Å²) in [7, 11) is -2.31. The lowest BCUT2D eigenvalue weighted by molar-refractivity contribution is -0.140. The number of carbonyl (C=O) groups is 2. The maximum absolute atomic E-state index is 14.0. The molecule has 8 nitrogen and oxygen atoms in total. The summed E-state index contributed by atoms with van der Waals surface area (Å²) < 4.78 is 31.9. The molecule has 3 rings (SSSR count). The molecule has 9 heteroatoms. The number of aryl methyl sites for hydroxylation is 1. The average Bonchev–Trinajstić information content (AvgIpc) is 2.89. The minimum absolute atomic E-state index is 0.140. The summed E-state index contributed by atoms with van der Waals surface area (Å²) in [5.41, 5.74) is 3.07. The highest BCUT2D eigenvalue weighted by Crippen LogP contribution is 2.23. The molecular formula is C30H37N3O5S. The van der Waals surface area contributed by atoms with E-state index in [9.17, 15) is 18.0 Å². The summed E-state index contributed by atoms with van der Waals surface area (Å²) in [6.45, 7) is 5.36. The Balaban J connectivity index is 2.04. The van der Waals surface area contributed by atoms with Crippen molar-refractivity contribution in [1.29, 1.82) is 0 Å². The van der Waals surface area contributed by atoms with Crippen LogP contribution in [0.3, 0.4) is 0 Å². The van der Waals surface area contributed by atoms with Crippen molar-refractivity contribution in [2.75, 3.05) is 24.2 Å². The zero-order valence-corrected chi connectivity index (χ0v) is 23.9. The van der Waals surface area contributed by atoms with Crippen molar-refractivity contribution < 1.29 is 22.7 Å². The molecule has 0 spiro atoms. The molecule has 0 heterocycles. The number of amides is 2. The zero-order chi connectivity index (χ0) is 28.6. The van der Waals surface area contributed by atoms with Crippen LogP contribution in [0.1, 0.15) is 30.5 Å². The molecule has 0 bridgehead atoms. The fourth-order valence-corrected chi connectivity index (χ4v) is 5.15. The molecule has 0 aromatic heterocycles. The van der Waals surface area contributed by atoms with Crippen molar-refractivity contribution in [3.8, 4) is 5.75 Å². The molecule has 208 valence electrons. The fourth-order valence-electron chi connectivity index (χ4n) is 4.30. The number of hydrogen-bond donors (Lipinski definition) is 1. The number of nitrogens with one attached hydrogen (secondary N) is 1. The van der Waals surface area contributed by atoms with Crippen LogP contribution in [0.2, 0.25) is 0 Å². The summed E-state index contributed by atoms with van der Waals surface area (Å²) in [5, 5.41) is 2.94. The second kappa shape index (κ2) is 13.3. The number of ether oxygens (including phenoxy) is 1. The summed E-state index contributed by atoms with van der Waals surface area (Å²) in [6, 6.07) is 22.6. The SMILES string of the molecule is COc1ccc(N(CC(=O)N(Cc2cccc(C)c2)[C@@H](Cc2ccccc2)C(=O)NC(C)C)S(C)(=O)=O)cc1. The maximum Gasteiger partial charge on any atom is 0.244 e. The number of carbonyl (C=O) groups excluding carboxylic acids is 2. The van der Waals surface area contributed by atoms with Gasteiger partial charge in [0.1, 0.15) is 18.3 Å². The molecule has 39 heavy (non-hydrogen) atoms. The van der Waals surface area contributed by atoms with Gasteiger partial charge in [-0.2, -0.15) is 0 Å². The Morgan fingerprint density at radius 2 is 1.56 bits per heavy atom. The summed E-state index contributed by atoms with van der Waals surface area (Å²) >= 11 is 0. The van der Waals surface area contributed by atoms with Crippen LogP contribution in [0.25, 0.3) is 0 Å². The number of benzene rings is 3. The van der Waals surface area contributed by atoms with Crippen molar-refractivity contribution in [3.63, 3.8) is 0 Å². The van der Waals surface area contributed by atoms with Crippen molar-refractivity contribution in [1.82, 2.24) is 10.2 Å². The first-order chi connectivity index (χ1) is 18.5. The number of rotatable bonds is 12. The van der Waals surface area contributed by atoms with Gasteiger partial charge in [0.05, 0.1) is 19.1 Å². The molecular weight excluding hydrogens is 514 g/mol. The molecule has 0 saturated heterocycles. The number of anilines is 1. The Kier molecular flexibility index (Phi) is 10.1. The molecule has 2 amide bonds. The highest BCUT2D eigenvalue weighted by Gasteiger charge is 2.33. The van der Waals surface area contributed by atoms with Crippen LogP contribution < -0.4 is 14.4 Å². The van der Waals surface area contributed by atoms with Crippen LogP contribution in [0.5, 0.6) is 5.75 Å². The molecule has 3 aromatic rings. The maximum atomic E-state index is 14.0. The smallest absolute Gasteiger partial charge is 0.244 e. The quantitative estimate of drug-likeness (QED) is 0.368. The highest BCUT2D eigenvalue weighted by molar-refractivity contribution is 7.92. The minimum atomic E-state index is -3.83. The molecule has 0 aliphatic carbocycles. The number of nitrogens with zero attached hydrogens (tertiary/aromatic N) is 2. The van der Waals surface area contributed by atoms with Gasteiger partial charge in [-0.1, -0.05) is 60.2 Å². The Bertz CT molecular complexity index is 1360. The van der Waals surface area contributed by atoms with E-state index in [1.807, 2.05) is 75.4 Å². The first-order valence-electron chi connectivity index (χ1n) is 12.8. The molecule has 0 radical (unpaired) electrons. The fraction of sp³-hybridized carbons (Fsp3) is 0.333. The second-order valence-corrected chi connectivity index (χ2v) is 11.8. The van der Waals surface area contributed by atoms with E-state index >= 15 is 0 Å². The first kappa shape index (κ1) is 29.7. The van der Waals surface area contributed by atoms with Gasteiger partial charge in [0.15, 0.2) is 0 Å². The standard InChI is InChI=1S/C30H37N3O5S/c1-22(2)31-30(35)28(19-24-11-7-6-8-12-24)32(20-25-13-9-10-23(3)18-25)29(34)21-33(39(5,36)37)26-14-16-27(38-4)17-15-26/h6-18,22,28H,19-21H2,1-5H3,(H,31,35)/t28-/m0/s1. The second-order valence-electron chi connectivity index (χ2n) is 9.85. The van der Waals surface area contributed by atoms with Crippen LogP contribution in [-0.4, -0.2) is 57.1 Å². The van der Waals surface area contributed by atoms with Gasteiger partial charge in [-0.05, 0) is 56.2 Å². The van der Waals surface area contributed by atoms with Crippen molar-refractivity contribution in [2.45, 2.75) is 45.8 Å². The highest BCUT2D eigenvalue weighted by atomic mass is 32.2. The van der Waals surface area contributed by atoms with E-state index < -0.39 is 28.5 Å². The lowest BCUT2D eigenvalue weighted by Crippen LogP contribution is -2.54. The third kappa shape index (κ3) is 8.58. The Hall–Kier alpha value is -3.85. The van der Waals surface area contributed by atoms with Crippen LogP contribution in [0.15, 0.2) is 78.9 Å². The van der Waals surface area contributed by atoms with E-state index in [0.29, 0.717) is 11.4 Å². The number of hydrogen-bond acceptors (Lipinski definition) is 5. The van der Waals surface area contributed by atoms with E-state index in [-0.39, 0.29) is 24.9 Å². The predicted octanol–water partition coefficient (Wildman–Crippen LogP) is 3.93. The number of sulfonamides is 1. The topological polar surface area (TPSA) is 96.0 Å². The van der Waals surface area contributed by atoms with Crippen LogP contribution in [0, 0.1) is 6.92 Å². The van der Waals surface area contributed by atoms with Gasteiger partial charge in [0.2, 0.25) is 21.8 Å². The zero-order valence-electron chi connectivity index (χ0n) is 23.1. The van der Waals surface area contributed by atoms with Crippen molar-refractivity contribution in [3.05, 3.63) is 95.6 Å². The number of methoxy groups -OCH3 is 1. The summed E-state index contributed by atoms with van der Waals surface area (Å²) in [4.78, 5) is 29.0. The van der Waals surface area contributed by atoms with Crippen LogP contribution in [0.4, 0.5) is 5.69 Å². The minimum Gasteiger partial charge on any atom is -0.497 e. The molecule has 0 aliphatic heterocycles. The van der Waals surface area contributed by atoms with Gasteiger partial charge < -0.3 is 15.0 Å². The largest absolute Gasteiger partial charge is 0.497 e. The van der Waals surface area contributed by atoms with E-state index in [1.165, 1.54) is 12.0 Å². The molecule has 1 atom stereocenters. The van der Waals surface area contributed by atoms with Gasteiger partial charge in [0, 0.05) is 19.0 Å². The van der Waals surface area contributed by atoms with E-state index in [2.05, 4.69) is 5.32 Å². The van der Waals surface area contributed by atoms with Crippen LogP contribution >= 0.6 is 0 Å². The third-order valence-corrected chi connectivity index (χ3v) is 7.32. The molecule has 0 fully saturated rings. The van der Waals surface area contributed by atoms with Gasteiger partial charge in [-0.25, -0.2) is 8.42 Å². The molecule has 0 unspecified atom stereocenters. The lowest BCUT2D eigenvalue weighted by atomic mass is 10.0. The predicted molar refractivity (Wildman–Crippen MR) is 154 cm³/mol. The molecule has 3 aromatic carbocycles. The Labute approximate surface area is 231 Å². The normalized spacial score (nSPS) is 12.1. The molecule has 1 N–H and O–H groups in total. The van der Waals surface area contributed by atoms with Gasteiger partial charge in [-0.3, -0.25) is 13.9 Å². The van der Waals surface area contributed by atoms with Gasteiger partial charge in [-0.15, -0.1) is 0 Å². The summed E-state index contributed by atoms with van der Waals surface area (Å²) in [5.74, 6) is -0.226. The first-order valence-corrected chi connectivity index (χ1v) is 14.6. The van der Waals surface area contributed by atoms with Crippen molar-refractivity contribution in [2.24, 2.45) is 0 Å². The van der Waals surface area contributed by atoms with Gasteiger partial charge >= 0.3 is 0 Å². The Morgan fingerprint density at radius 1 is 0.923 bits per heavy atom. The third-order valence-electron chi connectivity index (χ3n) is 6.18. The monoisotopic (exact) mass is 551 g/mol. The van der Waals surface area contributed by atoms with Crippen LogP contribution in [-0.2, 0) is 32.6 Å². The van der Waals surface area contributed by atoms with Crippen molar-refractivity contribution >= 4 is 27.5 Å². The van der Waals surface area contributed by atoms with E-state index in [1.54, 1.807) is 24.3 Å². The summed E-state index contributed by atoms with van der Waals surface area (Å²) in [6.07, 6.45) is 1.33. The average molecular weight is 552 g/mol. The van der Waals surface area contributed by atoms with E-state index in [0.717, 1.165) is 27.3 Å². The van der Waals surface area contributed by atoms with Gasteiger partial charge in [0.25, 0.3) is 0 Å². The van der Waals surface area contributed by atoms with E-state index in [4.69, 9.17) is 4.74 Å².